The van der Waals surface area contributed by atoms with E-state index in [1.165, 1.54) is 0 Å². The second-order valence-electron chi connectivity index (χ2n) is 5.66. The molecule has 1 fully saturated rings. The van der Waals surface area contributed by atoms with Crippen LogP contribution < -0.4 is 5.73 Å². The normalized spacial score (nSPS) is 23.3. The van der Waals surface area contributed by atoms with Crippen LogP contribution in [0.25, 0.3) is 0 Å². The van der Waals surface area contributed by atoms with Crippen LogP contribution in [0.3, 0.4) is 0 Å². The van der Waals surface area contributed by atoms with Gasteiger partial charge in [0.05, 0.1) is 6.54 Å². The second-order valence-corrected chi connectivity index (χ2v) is 5.66. The van der Waals surface area contributed by atoms with Gasteiger partial charge in [-0.1, -0.05) is 0 Å². The molecule has 2 rings (SSSR count). The van der Waals surface area contributed by atoms with E-state index in [4.69, 9.17) is 10.2 Å². The molecule has 4 nitrogen and oxygen atoms in total. The first kappa shape index (κ1) is 14.1. The lowest BCUT2D eigenvalue weighted by atomic mass is 9.81. The van der Waals surface area contributed by atoms with E-state index in [0.29, 0.717) is 12.5 Å². The number of furan rings is 1. The van der Waals surface area contributed by atoms with Crippen LogP contribution in [0.5, 0.6) is 0 Å². The molecule has 2 N–H and O–H groups in total. The fourth-order valence-corrected chi connectivity index (χ4v) is 2.84. The third-order valence-corrected chi connectivity index (χ3v) is 4.09. The van der Waals surface area contributed by atoms with Crippen molar-refractivity contribution in [3.8, 4) is 0 Å². The third kappa shape index (κ3) is 3.60. The highest BCUT2D eigenvalue weighted by atomic mass is 16.3. The van der Waals surface area contributed by atoms with Gasteiger partial charge < -0.3 is 15.1 Å². The molecule has 106 valence electrons. The van der Waals surface area contributed by atoms with Crippen molar-refractivity contribution < 1.29 is 9.21 Å². The molecule has 1 aromatic heterocycles. The van der Waals surface area contributed by atoms with Gasteiger partial charge in [-0.15, -0.1) is 0 Å². The van der Waals surface area contributed by atoms with Gasteiger partial charge in [0.1, 0.15) is 11.5 Å². The smallest absolute Gasteiger partial charge is 0.225 e. The summed E-state index contributed by atoms with van der Waals surface area (Å²) in [6.07, 6.45) is 4.12. The maximum Gasteiger partial charge on any atom is 0.225 e. The summed E-state index contributed by atoms with van der Waals surface area (Å²) >= 11 is 0. The van der Waals surface area contributed by atoms with Gasteiger partial charge in [0.15, 0.2) is 0 Å². The van der Waals surface area contributed by atoms with Crippen LogP contribution >= 0.6 is 0 Å². The Labute approximate surface area is 114 Å². The van der Waals surface area contributed by atoms with E-state index in [0.717, 1.165) is 43.7 Å². The summed E-state index contributed by atoms with van der Waals surface area (Å²) in [5, 5.41) is 0. The van der Waals surface area contributed by atoms with Crippen molar-refractivity contribution in [2.24, 2.45) is 17.6 Å². The minimum Gasteiger partial charge on any atom is -0.464 e. The van der Waals surface area contributed by atoms with Crippen LogP contribution in [-0.4, -0.2) is 24.4 Å². The van der Waals surface area contributed by atoms with Crippen molar-refractivity contribution in [1.29, 1.82) is 0 Å². The average molecular weight is 264 g/mol. The second kappa shape index (κ2) is 6.24. The van der Waals surface area contributed by atoms with Crippen LogP contribution in [0.15, 0.2) is 16.5 Å². The Morgan fingerprint density at radius 3 is 2.58 bits per heavy atom. The predicted molar refractivity (Wildman–Crippen MR) is 74.4 cm³/mol. The molecule has 0 spiro atoms. The molecule has 1 aliphatic carbocycles. The van der Waals surface area contributed by atoms with Crippen molar-refractivity contribution in [2.45, 2.75) is 39.2 Å². The minimum absolute atomic E-state index is 0.170. The van der Waals surface area contributed by atoms with E-state index in [1.54, 1.807) is 4.90 Å². The summed E-state index contributed by atoms with van der Waals surface area (Å²) in [5.41, 5.74) is 5.68. The van der Waals surface area contributed by atoms with Gasteiger partial charge in [0, 0.05) is 13.0 Å². The molecule has 0 bridgehead atoms. The monoisotopic (exact) mass is 264 g/mol. The maximum atomic E-state index is 12.4. The molecule has 0 atom stereocenters. The van der Waals surface area contributed by atoms with Gasteiger partial charge in [0.2, 0.25) is 5.91 Å². The zero-order chi connectivity index (χ0) is 13.8. The Balaban J connectivity index is 1.85. The predicted octanol–water partition coefficient (Wildman–Crippen LogP) is 2.31. The molecule has 4 heteroatoms. The molecule has 19 heavy (non-hydrogen) atoms. The highest BCUT2D eigenvalue weighted by Gasteiger charge is 2.27. The zero-order valence-corrected chi connectivity index (χ0v) is 11.9. The van der Waals surface area contributed by atoms with E-state index >= 15 is 0 Å². The first-order chi connectivity index (χ1) is 9.10. The Bertz CT molecular complexity index is 420. The Morgan fingerprint density at radius 2 is 2.05 bits per heavy atom. The van der Waals surface area contributed by atoms with Gasteiger partial charge in [-0.05, 0) is 57.2 Å². The number of hydrogen-bond acceptors (Lipinski definition) is 3. The summed E-state index contributed by atoms with van der Waals surface area (Å²) in [6.45, 7) is 3.23. The van der Waals surface area contributed by atoms with Crippen molar-refractivity contribution in [2.75, 3.05) is 13.6 Å². The van der Waals surface area contributed by atoms with Crippen LogP contribution in [-0.2, 0) is 11.3 Å². The number of aryl methyl sites for hydroxylation is 1. The topological polar surface area (TPSA) is 59.5 Å². The first-order valence-corrected chi connectivity index (χ1v) is 7.10. The van der Waals surface area contributed by atoms with E-state index < -0.39 is 0 Å². The van der Waals surface area contributed by atoms with E-state index in [1.807, 2.05) is 26.1 Å². The van der Waals surface area contributed by atoms with Crippen LogP contribution in [0.2, 0.25) is 0 Å². The standard InChI is InChI=1S/C15H24N2O2/c1-11-3-8-14(19-11)10-17(2)15(18)13-6-4-12(9-16)5-7-13/h3,8,12-13H,4-7,9-10,16H2,1-2H3. The number of rotatable bonds is 4. The number of amides is 1. The highest BCUT2D eigenvalue weighted by Crippen LogP contribution is 2.29. The summed E-state index contributed by atoms with van der Waals surface area (Å²) < 4.78 is 5.52. The molecule has 1 heterocycles. The molecule has 1 saturated carbocycles. The summed E-state index contributed by atoms with van der Waals surface area (Å²) in [4.78, 5) is 14.1. The quantitative estimate of drug-likeness (QED) is 0.907. The summed E-state index contributed by atoms with van der Waals surface area (Å²) in [7, 11) is 1.86. The third-order valence-electron chi connectivity index (χ3n) is 4.09. The first-order valence-electron chi connectivity index (χ1n) is 7.10. The average Bonchev–Trinajstić information content (AvgIpc) is 2.83. The molecule has 1 amide bonds. The van der Waals surface area contributed by atoms with Gasteiger partial charge >= 0.3 is 0 Å². The number of nitrogens with two attached hydrogens (primary N) is 1. The SMILES string of the molecule is Cc1ccc(CN(C)C(=O)C2CCC(CN)CC2)o1. The number of carbonyl (C=O) groups excluding carboxylic acids is 1. The number of carbonyl (C=O) groups is 1. The van der Waals surface area contributed by atoms with E-state index in [2.05, 4.69) is 0 Å². The molecule has 0 radical (unpaired) electrons. The van der Waals surface area contributed by atoms with E-state index in [9.17, 15) is 4.79 Å². The summed E-state index contributed by atoms with van der Waals surface area (Å²) in [5.74, 6) is 2.76. The van der Waals surface area contributed by atoms with E-state index in [-0.39, 0.29) is 11.8 Å². The lowest BCUT2D eigenvalue weighted by Crippen LogP contribution is -2.35. The molecule has 1 aromatic rings. The summed E-state index contributed by atoms with van der Waals surface area (Å²) in [6, 6.07) is 3.87. The number of hydrogen-bond donors (Lipinski definition) is 1. The van der Waals surface area contributed by atoms with Crippen LogP contribution in [0.1, 0.15) is 37.2 Å². The Morgan fingerprint density at radius 1 is 1.37 bits per heavy atom. The van der Waals surface area contributed by atoms with Gasteiger partial charge in [0.25, 0.3) is 0 Å². The molecular formula is C15H24N2O2. The lowest BCUT2D eigenvalue weighted by molar-refractivity contribution is -0.136. The molecule has 1 aliphatic rings. The van der Waals surface area contributed by atoms with Crippen LogP contribution in [0.4, 0.5) is 0 Å². The Hall–Kier alpha value is -1.29. The molecule has 0 unspecified atom stereocenters. The molecule has 0 saturated heterocycles. The fraction of sp³-hybridized carbons (Fsp3) is 0.667. The van der Waals surface area contributed by atoms with Crippen molar-refractivity contribution in [3.63, 3.8) is 0 Å². The molecule has 0 aliphatic heterocycles. The van der Waals surface area contributed by atoms with Gasteiger partial charge in [-0.2, -0.15) is 0 Å². The largest absolute Gasteiger partial charge is 0.464 e. The van der Waals surface area contributed by atoms with Gasteiger partial charge in [-0.3, -0.25) is 4.79 Å². The number of nitrogens with zero attached hydrogens (tertiary/aromatic N) is 1. The maximum absolute atomic E-state index is 12.4. The lowest BCUT2D eigenvalue weighted by Gasteiger charge is -2.29. The molecule has 0 aromatic carbocycles. The zero-order valence-electron chi connectivity index (χ0n) is 11.9. The fourth-order valence-electron chi connectivity index (χ4n) is 2.84. The van der Waals surface area contributed by atoms with Crippen molar-refractivity contribution in [1.82, 2.24) is 4.90 Å². The van der Waals surface area contributed by atoms with Gasteiger partial charge in [-0.25, -0.2) is 0 Å². The molecular weight excluding hydrogens is 240 g/mol. The minimum atomic E-state index is 0.170. The highest BCUT2D eigenvalue weighted by molar-refractivity contribution is 5.78. The Kier molecular flexibility index (Phi) is 4.64. The van der Waals surface area contributed by atoms with Crippen molar-refractivity contribution >= 4 is 5.91 Å². The van der Waals surface area contributed by atoms with Crippen LogP contribution in [0, 0.1) is 18.8 Å². The van der Waals surface area contributed by atoms with Crippen molar-refractivity contribution in [3.05, 3.63) is 23.7 Å².